The number of carbonyl (C=O) groups excluding carboxylic acids is 1. The molecule has 136 valence electrons. The number of carbonyl (C=O) groups is 1. The first-order valence-corrected chi connectivity index (χ1v) is 10.0. The van der Waals surface area contributed by atoms with Crippen LogP contribution in [0.1, 0.15) is 44.9 Å². The number of hydrazine groups is 1. The van der Waals surface area contributed by atoms with Crippen molar-refractivity contribution in [2.24, 2.45) is 11.8 Å². The van der Waals surface area contributed by atoms with Crippen molar-refractivity contribution in [2.45, 2.75) is 51.0 Å². The Hall–Kier alpha value is -2.13. The van der Waals surface area contributed by atoms with Gasteiger partial charge in [0.1, 0.15) is 0 Å². The monoisotopic (exact) mass is 348 g/mol. The van der Waals surface area contributed by atoms with Crippen molar-refractivity contribution in [3.05, 3.63) is 60.7 Å². The third-order valence-electron chi connectivity index (χ3n) is 6.01. The summed E-state index contributed by atoms with van der Waals surface area (Å²) in [5.41, 5.74) is 5.68. The van der Waals surface area contributed by atoms with E-state index in [0.29, 0.717) is 11.7 Å². The van der Waals surface area contributed by atoms with E-state index in [2.05, 4.69) is 34.7 Å². The van der Waals surface area contributed by atoms with Crippen LogP contribution in [0.5, 0.6) is 0 Å². The number of nitrogens with zero attached hydrogens (tertiary/aromatic N) is 1. The first-order chi connectivity index (χ1) is 12.8. The zero-order valence-corrected chi connectivity index (χ0v) is 15.3. The summed E-state index contributed by atoms with van der Waals surface area (Å²) in [7, 11) is 0. The Morgan fingerprint density at radius 3 is 1.88 bits per heavy atom. The van der Waals surface area contributed by atoms with Crippen LogP contribution < -0.4 is 10.4 Å². The fraction of sp³-hybridized carbons (Fsp3) is 0.435. The highest BCUT2D eigenvalue weighted by Gasteiger charge is 2.39. The van der Waals surface area contributed by atoms with Crippen molar-refractivity contribution in [2.75, 3.05) is 5.01 Å². The second-order valence-corrected chi connectivity index (χ2v) is 7.67. The third-order valence-corrected chi connectivity index (χ3v) is 6.01. The molecule has 3 nitrogen and oxygen atoms in total. The van der Waals surface area contributed by atoms with Gasteiger partial charge in [0.15, 0.2) is 5.78 Å². The van der Waals surface area contributed by atoms with Gasteiger partial charge in [0.25, 0.3) is 0 Å². The molecule has 3 heteroatoms. The maximum atomic E-state index is 13.1. The maximum Gasteiger partial charge on any atom is 0.154 e. The molecule has 2 fully saturated rings. The predicted octanol–water partition coefficient (Wildman–Crippen LogP) is 5.26. The first-order valence-electron chi connectivity index (χ1n) is 10.0. The number of hydrogen-bond acceptors (Lipinski definition) is 3. The van der Waals surface area contributed by atoms with E-state index in [9.17, 15) is 4.79 Å². The van der Waals surface area contributed by atoms with Gasteiger partial charge in [-0.25, -0.2) is 5.43 Å². The molecule has 2 aromatic rings. The number of ketones is 1. The lowest BCUT2D eigenvalue weighted by Crippen LogP contribution is -2.45. The standard InChI is InChI=1S/C23H28N2O/c26-23-21(18-10-4-1-5-11-18)16-17-22(23)24-25(19-12-6-2-7-13-19)20-14-8-3-9-15-20/h2-3,6-9,12-15,18,21-22,24H,1,4-5,10-11,16-17H2/t21-,22+/m0/s1. The summed E-state index contributed by atoms with van der Waals surface area (Å²) in [5.74, 6) is 1.31. The van der Waals surface area contributed by atoms with Crippen molar-refractivity contribution in [1.29, 1.82) is 0 Å². The zero-order valence-electron chi connectivity index (χ0n) is 15.3. The molecule has 2 saturated carbocycles. The number of Topliss-reactive ketones (excluding diaryl/α,β-unsaturated/α-hetero) is 1. The van der Waals surface area contributed by atoms with Crippen LogP contribution in [0.3, 0.4) is 0 Å². The van der Waals surface area contributed by atoms with Crippen molar-refractivity contribution in [3.8, 4) is 0 Å². The maximum absolute atomic E-state index is 13.1. The Kier molecular flexibility index (Phi) is 5.35. The number of hydrogen-bond donors (Lipinski definition) is 1. The fourth-order valence-electron chi connectivity index (χ4n) is 4.63. The third kappa shape index (κ3) is 3.68. The van der Waals surface area contributed by atoms with Gasteiger partial charge in [-0.15, -0.1) is 0 Å². The van der Waals surface area contributed by atoms with Gasteiger partial charge in [0, 0.05) is 5.92 Å². The molecular weight excluding hydrogens is 320 g/mol. The summed E-state index contributed by atoms with van der Waals surface area (Å²) < 4.78 is 0. The average molecular weight is 348 g/mol. The van der Waals surface area contributed by atoms with E-state index in [1.54, 1.807) is 0 Å². The summed E-state index contributed by atoms with van der Waals surface area (Å²) in [6.07, 6.45) is 8.40. The highest BCUT2D eigenvalue weighted by Crippen LogP contribution is 2.38. The fourth-order valence-corrected chi connectivity index (χ4v) is 4.63. The Labute approximate surface area is 156 Å². The molecule has 2 aliphatic rings. The Morgan fingerprint density at radius 1 is 0.731 bits per heavy atom. The molecular formula is C23H28N2O. The molecule has 1 N–H and O–H groups in total. The van der Waals surface area contributed by atoms with Crippen LogP contribution in [0.15, 0.2) is 60.7 Å². The summed E-state index contributed by atoms with van der Waals surface area (Å²) >= 11 is 0. The molecule has 0 bridgehead atoms. The molecule has 0 unspecified atom stereocenters. The number of anilines is 2. The van der Waals surface area contributed by atoms with Gasteiger partial charge in [0.2, 0.25) is 0 Å². The molecule has 0 aromatic heterocycles. The molecule has 4 rings (SSSR count). The van der Waals surface area contributed by atoms with E-state index in [4.69, 9.17) is 0 Å². The van der Waals surface area contributed by atoms with Gasteiger partial charge in [-0.3, -0.25) is 9.80 Å². The van der Waals surface area contributed by atoms with E-state index in [0.717, 1.165) is 24.2 Å². The normalized spacial score (nSPS) is 23.9. The minimum atomic E-state index is -0.0812. The average Bonchev–Trinajstić information content (AvgIpc) is 3.08. The van der Waals surface area contributed by atoms with E-state index in [1.807, 2.05) is 36.4 Å². The SMILES string of the molecule is O=C1[C@H](C2CCCCC2)CC[C@H]1NN(c1ccccc1)c1ccccc1. The van der Waals surface area contributed by atoms with E-state index < -0.39 is 0 Å². The lowest BCUT2D eigenvalue weighted by molar-refractivity contribution is -0.124. The quantitative estimate of drug-likeness (QED) is 0.748. The predicted molar refractivity (Wildman–Crippen MR) is 106 cm³/mol. The molecule has 0 aliphatic heterocycles. The second kappa shape index (κ2) is 8.05. The second-order valence-electron chi connectivity index (χ2n) is 7.67. The molecule has 2 atom stereocenters. The molecule has 2 aromatic carbocycles. The molecule has 0 spiro atoms. The Morgan fingerprint density at radius 2 is 1.31 bits per heavy atom. The number of rotatable bonds is 5. The van der Waals surface area contributed by atoms with Gasteiger partial charge in [-0.2, -0.15) is 0 Å². The lowest BCUT2D eigenvalue weighted by atomic mass is 9.79. The number of para-hydroxylation sites is 2. The Balaban J connectivity index is 1.52. The minimum absolute atomic E-state index is 0.0812. The van der Waals surface area contributed by atoms with Gasteiger partial charge < -0.3 is 0 Å². The highest BCUT2D eigenvalue weighted by molar-refractivity contribution is 5.89. The van der Waals surface area contributed by atoms with Crippen LogP contribution in [-0.4, -0.2) is 11.8 Å². The highest BCUT2D eigenvalue weighted by atomic mass is 16.1. The smallest absolute Gasteiger partial charge is 0.154 e. The number of nitrogens with one attached hydrogen (secondary N) is 1. The van der Waals surface area contributed by atoms with Crippen LogP contribution in [0.2, 0.25) is 0 Å². The van der Waals surface area contributed by atoms with E-state index in [1.165, 1.54) is 32.1 Å². The topological polar surface area (TPSA) is 32.3 Å². The van der Waals surface area contributed by atoms with E-state index in [-0.39, 0.29) is 12.0 Å². The van der Waals surface area contributed by atoms with Gasteiger partial charge >= 0.3 is 0 Å². The number of benzene rings is 2. The van der Waals surface area contributed by atoms with Crippen LogP contribution in [0.25, 0.3) is 0 Å². The zero-order chi connectivity index (χ0) is 17.8. The summed E-state index contributed by atoms with van der Waals surface area (Å²) in [5, 5.41) is 2.08. The lowest BCUT2D eigenvalue weighted by Gasteiger charge is -2.30. The molecule has 26 heavy (non-hydrogen) atoms. The van der Waals surface area contributed by atoms with Crippen molar-refractivity contribution >= 4 is 17.2 Å². The first kappa shape index (κ1) is 17.3. The minimum Gasteiger partial charge on any atom is -0.298 e. The van der Waals surface area contributed by atoms with Crippen LogP contribution in [-0.2, 0) is 4.79 Å². The summed E-state index contributed by atoms with van der Waals surface area (Å²) in [6.45, 7) is 0. The van der Waals surface area contributed by atoms with Crippen molar-refractivity contribution < 1.29 is 4.79 Å². The van der Waals surface area contributed by atoms with Gasteiger partial charge in [-0.05, 0) is 55.9 Å². The molecule has 2 aliphatic carbocycles. The van der Waals surface area contributed by atoms with Crippen molar-refractivity contribution in [3.63, 3.8) is 0 Å². The van der Waals surface area contributed by atoms with Crippen LogP contribution in [0.4, 0.5) is 11.4 Å². The summed E-state index contributed by atoms with van der Waals surface area (Å²) in [6, 6.07) is 20.4. The van der Waals surface area contributed by atoms with Crippen LogP contribution >= 0.6 is 0 Å². The largest absolute Gasteiger partial charge is 0.298 e. The van der Waals surface area contributed by atoms with Crippen LogP contribution in [0, 0.1) is 11.8 Å². The molecule has 0 amide bonds. The summed E-state index contributed by atoms with van der Waals surface area (Å²) in [4.78, 5) is 13.1. The Bertz CT molecular complexity index is 670. The van der Waals surface area contributed by atoms with Gasteiger partial charge in [-0.1, -0.05) is 55.7 Å². The molecule has 0 heterocycles. The molecule has 0 radical (unpaired) electrons. The van der Waals surface area contributed by atoms with Gasteiger partial charge in [0.05, 0.1) is 17.4 Å². The van der Waals surface area contributed by atoms with E-state index >= 15 is 0 Å². The molecule has 0 saturated heterocycles. The van der Waals surface area contributed by atoms with Crippen molar-refractivity contribution in [1.82, 2.24) is 5.43 Å².